The second-order valence-electron chi connectivity index (χ2n) is 9.42. The first-order chi connectivity index (χ1) is 16.1. The van der Waals surface area contributed by atoms with E-state index in [-0.39, 0.29) is 5.91 Å². The van der Waals surface area contributed by atoms with Crippen LogP contribution in [0.3, 0.4) is 0 Å². The third-order valence-electron chi connectivity index (χ3n) is 7.01. The van der Waals surface area contributed by atoms with E-state index >= 15 is 0 Å². The number of carbonyl (C=O) groups excluding carboxylic acids is 1. The number of piperidine rings is 1. The molecule has 0 radical (unpaired) electrons. The molecule has 2 fully saturated rings. The summed E-state index contributed by atoms with van der Waals surface area (Å²) in [4.78, 5) is 20.7. The van der Waals surface area contributed by atoms with Crippen LogP contribution < -0.4 is 0 Å². The van der Waals surface area contributed by atoms with Gasteiger partial charge in [0.1, 0.15) is 5.69 Å². The maximum absolute atomic E-state index is 13.7. The fourth-order valence-electron chi connectivity index (χ4n) is 5.07. The molecule has 6 nitrogen and oxygen atoms in total. The van der Waals surface area contributed by atoms with Crippen molar-refractivity contribution in [1.82, 2.24) is 24.5 Å². The van der Waals surface area contributed by atoms with Crippen LogP contribution in [0.15, 0.2) is 60.8 Å². The summed E-state index contributed by atoms with van der Waals surface area (Å²) in [6, 6.07) is 18.9. The lowest BCUT2D eigenvalue weighted by Crippen LogP contribution is -2.55. The second-order valence-corrected chi connectivity index (χ2v) is 9.42. The summed E-state index contributed by atoms with van der Waals surface area (Å²) < 4.78 is 1.84. The number of benzene rings is 2. The van der Waals surface area contributed by atoms with Crippen molar-refractivity contribution >= 4 is 5.91 Å². The Hall–Kier alpha value is -2.96. The van der Waals surface area contributed by atoms with Crippen molar-refractivity contribution in [3.63, 3.8) is 0 Å². The first-order valence-electron chi connectivity index (χ1n) is 12.0. The minimum absolute atomic E-state index is 0.0765. The van der Waals surface area contributed by atoms with Gasteiger partial charge in [0, 0.05) is 50.5 Å². The minimum Gasteiger partial charge on any atom is -0.336 e. The average molecular weight is 444 g/mol. The van der Waals surface area contributed by atoms with E-state index in [9.17, 15) is 4.79 Å². The molecule has 2 aromatic carbocycles. The molecule has 6 heteroatoms. The van der Waals surface area contributed by atoms with E-state index in [1.807, 2.05) is 58.2 Å². The smallest absolute Gasteiger partial charge is 0.257 e. The average Bonchev–Trinajstić information content (AvgIpc) is 3.30. The Labute approximate surface area is 196 Å². The van der Waals surface area contributed by atoms with Crippen LogP contribution in [0.4, 0.5) is 0 Å². The number of piperazine rings is 1. The predicted molar refractivity (Wildman–Crippen MR) is 132 cm³/mol. The van der Waals surface area contributed by atoms with Crippen LogP contribution in [0.2, 0.25) is 0 Å². The number of nitrogens with zero attached hydrogens (tertiary/aromatic N) is 5. The second kappa shape index (κ2) is 9.49. The summed E-state index contributed by atoms with van der Waals surface area (Å²) in [6.45, 7) is 7.82. The number of hydrogen-bond acceptors (Lipinski definition) is 4. The van der Waals surface area contributed by atoms with Gasteiger partial charge in [-0.3, -0.25) is 9.69 Å². The molecular formula is C27H33N5O. The molecule has 0 bridgehead atoms. The van der Waals surface area contributed by atoms with Crippen LogP contribution in [-0.4, -0.2) is 82.7 Å². The topological polar surface area (TPSA) is 44.6 Å². The molecule has 3 aromatic rings. The maximum Gasteiger partial charge on any atom is 0.257 e. The third kappa shape index (κ3) is 4.72. The maximum atomic E-state index is 13.7. The molecule has 33 heavy (non-hydrogen) atoms. The van der Waals surface area contributed by atoms with Gasteiger partial charge < -0.3 is 9.80 Å². The van der Waals surface area contributed by atoms with Gasteiger partial charge in [-0.1, -0.05) is 48.0 Å². The standard InChI is InChI=1S/C27H33N5O/c1-21-10-12-23(13-11-21)32-20-25(26(28-32)22-7-4-3-5-8-22)27(33)31-17-15-30(16-18-31)24-9-6-14-29(2)19-24/h3-5,7-8,10-13,20,24H,6,9,14-19H2,1-2H3. The van der Waals surface area contributed by atoms with Crippen molar-refractivity contribution in [2.75, 3.05) is 46.3 Å². The molecule has 3 heterocycles. The Morgan fingerprint density at radius 3 is 2.36 bits per heavy atom. The molecule has 5 rings (SSSR count). The molecule has 0 aliphatic carbocycles. The van der Waals surface area contributed by atoms with Crippen LogP contribution >= 0.6 is 0 Å². The number of rotatable bonds is 4. The summed E-state index contributed by atoms with van der Waals surface area (Å²) in [7, 11) is 2.21. The lowest BCUT2D eigenvalue weighted by Gasteiger charge is -2.42. The fourth-order valence-corrected chi connectivity index (χ4v) is 5.07. The molecule has 1 atom stereocenters. The van der Waals surface area contributed by atoms with Gasteiger partial charge in [0.2, 0.25) is 0 Å². The lowest BCUT2D eigenvalue weighted by atomic mass is 10.0. The number of aromatic nitrogens is 2. The summed E-state index contributed by atoms with van der Waals surface area (Å²) in [5.41, 5.74) is 4.55. The van der Waals surface area contributed by atoms with Gasteiger partial charge in [-0.25, -0.2) is 4.68 Å². The minimum atomic E-state index is 0.0765. The highest BCUT2D eigenvalue weighted by atomic mass is 16.2. The zero-order valence-corrected chi connectivity index (χ0v) is 19.7. The number of hydrogen-bond donors (Lipinski definition) is 0. The normalized spacial score (nSPS) is 20.2. The molecule has 1 aromatic heterocycles. The Morgan fingerprint density at radius 2 is 1.67 bits per heavy atom. The van der Waals surface area contributed by atoms with Gasteiger partial charge in [0.15, 0.2) is 0 Å². The van der Waals surface area contributed by atoms with Gasteiger partial charge in [0.25, 0.3) is 5.91 Å². The highest BCUT2D eigenvalue weighted by Crippen LogP contribution is 2.26. The largest absolute Gasteiger partial charge is 0.336 e. The molecule has 172 valence electrons. The highest BCUT2D eigenvalue weighted by molar-refractivity contribution is 6.00. The Morgan fingerprint density at radius 1 is 0.939 bits per heavy atom. The van der Waals surface area contributed by atoms with E-state index in [0.717, 1.165) is 49.7 Å². The fraction of sp³-hybridized carbons (Fsp3) is 0.407. The summed E-state index contributed by atoms with van der Waals surface area (Å²) in [5.74, 6) is 0.0765. The summed E-state index contributed by atoms with van der Waals surface area (Å²) >= 11 is 0. The molecule has 0 spiro atoms. The number of carbonyl (C=O) groups is 1. The van der Waals surface area contributed by atoms with E-state index in [1.54, 1.807) is 0 Å². The molecule has 2 aliphatic rings. The van der Waals surface area contributed by atoms with Crippen LogP contribution in [0.1, 0.15) is 28.8 Å². The van der Waals surface area contributed by atoms with E-state index in [4.69, 9.17) is 5.10 Å². The lowest BCUT2D eigenvalue weighted by molar-refractivity contribution is 0.0452. The predicted octanol–water partition coefficient (Wildman–Crippen LogP) is 3.70. The van der Waals surface area contributed by atoms with E-state index < -0.39 is 0 Å². The monoisotopic (exact) mass is 443 g/mol. The van der Waals surface area contributed by atoms with Gasteiger partial charge in [-0.05, 0) is 45.5 Å². The van der Waals surface area contributed by atoms with Crippen molar-refractivity contribution in [2.45, 2.75) is 25.8 Å². The Balaban J connectivity index is 1.37. The van der Waals surface area contributed by atoms with Crippen molar-refractivity contribution in [1.29, 1.82) is 0 Å². The molecule has 0 saturated carbocycles. The van der Waals surface area contributed by atoms with Gasteiger partial charge in [-0.2, -0.15) is 5.10 Å². The highest BCUT2D eigenvalue weighted by Gasteiger charge is 2.30. The van der Waals surface area contributed by atoms with Crippen LogP contribution in [0.5, 0.6) is 0 Å². The van der Waals surface area contributed by atoms with Crippen molar-refractivity contribution in [3.8, 4) is 16.9 Å². The van der Waals surface area contributed by atoms with Crippen LogP contribution in [0.25, 0.3) is 16.9 Å². The van der Waals surface area contributed by atoms with Gasteiger partial charge in [-0.15, -0.1) is 0 Å². The molecule has 1 unspecified atom stereocenters. The van der Waals surface area contributed by atoms with Gasteiger partial charge >= 0.3 is 0 Å². The Bertz CT molecular complexity index is 1080. The molecule has 0 N–H and O–H groups in total. The number of aryl methyl sites for hydroxylation is 1. The van der Waals surface area contributed by atoms with Crippen LogP contribution in [-0.2, 0) is 0 Å². The Kier molecular flexibility index (Phi) is 6.29. The quantitative estimate of drug-likeness (QED) is 0.617. The molecule has 1 amide bonds. The summed E-state index contributed by atoms with van der Waals surface area (Å²) in [6.07, 6.45) is 4.43. The molecule has 2 aliphatic heterocycles. The number of likely N-dealkylation sites (N-methyl/N-ethyl adjacent to an activating group) is 1. The summed E-state index contributed by atoms with van der Waals surface area (Å²) in [5, 5.41) is 4.85. The zero-order chi connectivity index (χ0) is 22.8. The SMILES string of the molecule is Cc1ccc(-n2cc(C(=O)N3CCN(C4CCCN(C)C4)CC3)c(-c3ccccc3)n2)cc1. The van der Waals surface area contributed by atoms with E-state index in [0.29, 0.717) is 11.6 Å². The molecule has 2 saturated heterocycles. The first kappa shape index (κ1) is 21.9. The third-order valence-corrected chi connectivity index (χ3v) is 7.01. The van der Waals surface area contributed by atoms with Crippen molar-refractivity contribution in [3.05, 3.63) is 71.9 Å². The first-order valence-corrected chi connectivity index (χ1v) is 12.0. The van der Waals surface area contributed by atoms with Crippen molar-refractivity contribution in [2.24, 2.45) is 0 Å². The van der Waals surface area contributed by atoms with Gasteiger partial charge in [0.05, 0.1) is 11.3 Å². The van der Waals surface area contributed by atoms with Crippen LogP contribution in [0, 0.1) is 6.92 Å². The van der Waals surface area contributed by atoms with E-state index in [2.05, 4.69) is 35.9 Å². The van der Waals surface area contributed by atoms with Crippen molar-refractivity contribution < 1.29 is 4.79 Å². The number of amides is 1. The molecular weight excluding hydrogens is 410 g/mol. The zero-order valence-electron chi connectivity index (χ0n) is 19.7. The van der Waals surface area contributed by atoms with E-state index in [1.165, 1.54) is 24.9 Å². The number of likely N-dealkylation sites (tertiary alicyclic amines) is 1.